The first-order chi connectivity index (χ1) is 12.0. The van der Waals surface area contributed by atoms with Gasteiger partial charge in [-0.3, -0.25) is 19.4 Å². The number of esters is 2. The average molecular weight is 358 g/mol. The summed E-state index contributed by atoms with van der Waals surface area (Å²) < 4.78 is 10.5. The van der Waals surface area contributed by atoms with Gasteiger partial charge in [0.1, 0.15) is 13.2 Å². The van der Waals surface area contributed by atoms with Gasteiger partial charge in [-0.05, 0) is 20.9 Å². The molecule has 1 saturated heterocycles. The third-order valence-electron chi connectivity index (χ3n) is 4.45. The van der Waals surface area contributed by atoms with E-state index < -0.39 is 0 Å². The van der Waals surface area contributed by atoms with Crippen LogP contribution in [0.4, 0.5) is 0 Å². The second kappa shape index (κ2) is 12.2. The van der Waals surface area contributed by atoms with Crippen LogP contribution < -0.4 is 11.1 Å². The number of nitrogens with zero attached hydrogens (tertiary/aromatic N) is 2. The highest BCUT2D eigenvalue weighted by Gasteiger charge is 2.28. The van der Waals surface area contributed by atoms with Gasteiger partial charge >= 0.3 is 11.9 Å². The van der Waals surface area contributed by atoms with Gasteiger partial charge in [-0.1, -0.05) is 0 Å². The Kier molecular flexibility index (Phi) is 10.6. The number of hydrogen-bond donors (Lipinski definition) is 2. The molecule has 0 radical (unpaired) electrons. The molecule has 3 N–H and O–H groups in total. The predicted octanol–water partition coefficient (Wildman–Crippen LogP) is -0.574. The van der Waals surface area contributed by atoms with Crippen molar-refractivity contribution >= 4 is 11.9 Å². The Morgan fingerprint density at radius 3 is 1.92 bits per heavy atom. The van der Waals surface area contributed by atoms with E-state index in [2.05, 4.69) is 29.0 Å². The number of ether oxygens (including phenoxy) is 2. The summed E-state index contributed by atoms with van der Waals surface area (Å²) in [6, 6.07) is 0.733. The molecule has 0 spiro atoms. The summed E-state index contributed by atoms with van der Waals surface area (Å²) >= 11 is 0. The SMILES string of the molecule is CNCCC(=O)OCCN1CC(C)N(CCOC(=O)CCN)CC1C. The van der Waals surface area contributed by atoms with E-state index in [1.165, 1.54) is 0 Å². The first-order valence-electron chi connectivity index (χ1n) is 9.12. The van der Waals surface area contributed by atoms with Gasteiger partial charge in [0.05, 0.1) is 12.8 Å². The van der Waals surface area contributed by atoms with Crippen LogP contribution in [0.2, 0.25) is 0 Å². The molecule has 0 aromatic carbocycles. The Bertz CT molecular complexity index is 408. The van der Waals surface area contributed by atoms with Crippen LogP contribution >= 0.6 is 0 Å². The van der Waals surface area contributed by atoms with Crippen LogP contribution in [0.25, 0.3) is 0 Å². The maximum atomic E-state index is 11.5. The lowest BCUT2D eigenvalue weighted by Crippen LogP contribution is -2.57. The Hall–Kier alpha value is -1.22. The number of hydrogen-bond acceptors (Lipinski definition) is 8. The Morgan fingerprint density at radius 2 is 1.48 bits per heavy atom. The van der Waals surface area contributed by atoms with Crippen molar-refractivity contribution < 1.29 is 19.1 Å². The van der Waals surface area contributed by atoms with Gasteiger partial charge in [0.25, 0.3) is 0 Å². The molecule has 2 unspecified atom stereocenters. The van der Waals surface area contributed by atoms with E-state index in [1.54, 1.807) is 0 Å². The van der Waals surface area contributed by atoms with Gasteiger partial charge in [-0.25, -0.2) is 0 Å². The molecule has 8 heteroatoms. The van der Waals surface area contributed by atoms with Crippen LogP contribution in [0, 0.1) is 0 Å². The largest absolute Gasteiger partial charge is 0.464 e. The zero-order chi connectivity index (χ0) is 18.7. The first kappa shape index (κ1) is 21.8. The van der Waals surface area contributed by atoms with E-state index in [-0.39, 0.29) is 18.4 Å². The van der Waals surface area contributed by atoms with E-state index >= 15 is 0 Å². The van der Waals surface area contributed by atoms with Crippen molar-refractivity contribution in [2.24, 2.45) is 5.73 Å². The standard InChI is InChI=1S/C17H34N4O4/c1-14-13-21(9-11-25-17(23)5-7-19-3)15(2)12-20(14)8-10-24-16(22)4-6-18/h14-15,19H,4-13,18H2,1-3H3. The highest BCUT2D eigenvalue weighted by atomic mass is 16.5. The number of nitrogens with two attached hydrogens (primary N) is 1. The second-order valence-electron chi connectivity index (χ2n) is 6.52. The fourth-order valence-electron chi connectivity index (χ4n) is 2.94. The van der Waals surface area contributed by atoms with Crippen molar-refractivity contribution in [3.8, 4) is 0 Å². The molecule has 0 saturated carbocycles. The summed E-state index contributed by atoms with van der Waals surface area (Å²) in [4.78, 5) is 27.5. The molecule has 0 bridgehead atoms. The smallest absolute Gasteiger partial charge is 0.307 e. The van der Waals surface area contributed by atoms with Gasteiger partial charge in [0.2, 0.25) is 0 Å². The molecule has 0 amide bonds. The maximum absolute atomic E-state index is 11.5. The Morgan fingerprint density at radius 1 is 1.00 bits per heavy atom. The summed E-state index contributed by atoms with van der Waals surface area (Å²) in [7, 11) is 1.81. The topological polar surface area (TPSA) is 97.1 Å². The fraction of sp³-hybridized carbons (Fsp3) is 0.882. The number of carbonyl (C=O) groups is 2. The molecule has 1 fully saturated rings. The zero-order valence-corrected chi connectivity index (χ0v) is 15.8. The summed E-state index contributed by atoms with van der Waals surface area (Å²) in [5.74, 6) is -0.394. The maximum Gasteiger partial charge on any atom is 0.307 e. The third-order valence-corrected chi connectivity index (χ3v) is 4.45. The first-order valence-corrected chi connectivity index (χ1v) is 9.12. The minimum Gasteiger partial charge on any atom is -0.464 e. The van der Waals surface area contributed by atoms with Crippen LogP contribution in [0.1, 0.15) is 26.7 Å². The second-order valence-corrected chi connectivity index (χ2v) is 6.52. The van der Waals surface area contributed by atoms with Gasteiger partial charge < -0.3 is 20.5 Å². The number of rotatable bonds is 11. The van der Waals surface area contributed by atoms with E-state index in [0.29, 0.717) is 44.8 Å². The molecule has 1 heterocycles. The number of piperazine rings is 1. The molecule has 1 rings (SSSR count). The normalized spacial score (nSPS) is 21.9. The average Bonchev–Trinajstić information content (AvgIpc) is 2.57. The molecule has 1 aliphatic heterocycles. The van der Waals surface area contributed by atoms with E-state index in [1.807, 2.05) is 7.05 Å². The van der Waals surface area contributed by atoms with E-state index in [9.17, 15) is 9.59 Å². The highest BCUT2D eigenvalue weighted by Crippen LogP contribution is 2.14. The molecule has 2 atom stereocenters. The monoisotopic (exact) mass is 358 g/mol. The Balaban J connectivity index is 2.26. The minimum atomic E-state index is -0.234. The van der Waals surface area contributed by atoms with E-state index in [4.69, 9.17) is 15.2 Å². The van der Waals surface area contributed by atoms with Crippen LogP contribution in [0.3, 0.4) is 0 Å². The van der Waals surface area contributed by atoms with Crippen LogP contribution in [-0.4, -0.2) is 93.4 Å². The zero-order valence-electron chi connectivity index (χ0n) is 15.8. The van der Waals surface area contributed by atoms with Crippen molar-refractivity contribution in [2.45, 2.75) is 38.8 Å². The lowest BCUT2D eigenvalue weighted by atomic mass is 10.1. The lowest BCUT2D eigenvalue weighted by Gasteiger charge is -2.44. The lowest BCUT2D eigenvalue weighted by molar-refractivity contribution is -0.146. The quantitative estimate of drug-likeness (QED) is 0.474. The molecule has 0 aromatic heterocycles. The Labute approximate surface area is 151 Å². The van der Waals surface area contributed by atoms with Crippen LogP contribution in [0.15, 0.2) is 0 Å². The van der Waals surface area contributed by atoms with Crippen molar-refractivity contribution in [1.82, 2.24) is 15.1 Å². The third kappa shape index (κ3) is 8.62. The van der Waals surface area contributed by atoms with Crippen LogP contribution in [0.5, 0.6) is 0 Å². The van der Waals surface area contributed by atoms with E-state index in [0.717, 1.165) is 26.2 Å². The van der Waals surface area contributed by atoms with Gasteiger partial charge in [-0.2, -0.15) is 0 Å². The van der Waals surface area contributed by atoms with Crippen molar-refractivity contribution in [2.75, 3.05) is 59.5 Å². The van der Waals surface area contributed by atoms with Gasteiger partial charge in [0, 0.05) is 51.4 Å². The van der Waals surface area contributed by atoms with Gasteiger partial charge in [-0.15, -0.1) is 0 Å². The fourth-order valence-corrected chi connectivity index (χ4v) is 2.94. The molecule has 25 heavy (non-hydrogen) atoms. The molecule has 0 aromatic rings. The summed E-state index contributed by atoms with van der Waals surface area (Å²) in [6.45, 7) is 9.42. The van der Waals surface area contributed by atoms with Gasteiger partial charge in [0.15, 0.2) is 0 Å². The molecular formula is C17H34N4O4. The number of carbonyl (C=O) groups excluding carboxylic acids is 2. The molecule has 8 nitrogen and oxygen atoms in total. The molecular weight excluding hydrogens is 324 g/mol. The minimum absolute atomic E-state index is 0.159. The molecule has 146 valence electrons. The predicted molar refractivity (Wildman–Crippen MR) is 96.2 cm³/mol. The van der Waals surface area contributed by atoms with Crippen molar-refractivity contribution in [3.63, 3.8) is 0 Å². The summed E-state index contributed by atoms with van der Waals surface area (Å²) in [6.07, 6.45) is 0.673. The summed E-state index contributed by atoms with van der Waals surface area (Å²) in [5.41, 5.74) is 5.33. The molecule has 0 aliphatic carbocycles. The van der Waals surface area contributed by atoms with Crippen molar-refractivity contribution in [1.29, 1.82) is 0 Å². The summed E-state index contributed by atoms with van der Waals surface area (Å²) in [5, 5.41) is 2.93. The highest BCUT2D eigenvalue weighted by molar-refractivity contribution is 5.69. The van der Waals surface area contributed by atoms with Crippen LogP contribution in [-0.2, 0) is 19.1 Å². The number of nitrogens with one attached hydrogen (secondary N) is 1. The van der Waals surface area contributed by atoms with Crippen molar-refractivity contribution in [3.05, 3.63) is 0 Å². The molecule has 1 aliphatic rings.